The largest absolute Gasteiger partial charge is 0.323 e. The Kier molecular flexibility index (Phi) is 3.23. The Hall–Kier alpha value is -0.570. The Morgan fingerprint density at radius 2 is 2.00 bits per heavy atom. The van der Waals surface area contributed by atoms with E-state index in [0.29, 0.717) is 17.9 Å². The molecule has 0 bridgehead atoms. The third-order valence-electron chi connectivity index (χ3n) is 5.14. The second kappa shape index (κ2) is 4.27. The maximum Gasteiger partial charge on any atom is 0.244 e. The number of carbonyl (C=O) groups excluding carboxylic acids is 1. The first-order valence-electron chi connectivity index (χ1n) is 7.01. The number of amides is 1. The molecule has 1 aliphatic heterocycles. The van der Waals surface area contributed by atoms with Crippen molar-refractivity contribution in [3.8, 4) is 0 Å². The van der Waals surface area contributed by atoms with Gasteiger partial charge in [0.2, 0.25) is 5.91 Å². The van der Waals surface area contributed by atoms with Crippen molar-refractivity contribution in [3.63, 3.8) is 0 Å². The van der Waals surface area contributed by atoms with Crippen LogP contribution in [0.25, 0.3) is 0 Å². The van der Waals surface area contributed by atoms with Crippen molar-refractivity contribution < 1.29 is 4.79 Å². The van der Waals surface area contributed by atoms with Crippen LogP contribution < -0.4 is 5.32 Å². The molecule has 1 amide bonds. The molecule has 3 nitrogen and oxygen atoms in total. The third-order valence-corrected chi connectivity index (χ3v) is 5.14. The first-order chi connectivity index (χ1) is 7.90. The summed E-state index contributed by atoms with van der Waals surface area (Å²) in [5.41, 5.74) is -0.342. The molecule has 2 fully saturated rings. The van der Waals surface area contributed by atoms with Gasteiger partial charge in [-0.25, -0.2) is 0 Å². The lowest BCUT2D eigenvalue weighted by Gasteiger charge is -2.32. The smallest absolute Gasteiger partial charge is 0.244 e. The Bertz CT molecular complexity index is 317. The Morgan fingerprint density at radius 1 is 1.35 bits per heavy atom. The van der Waals surface area contributed by atoms with E-state index >= 15 is 0 Å². The van der Waals surface area contributed by atoms with Crippen LogP contribution in [0.1, 0.15) is 53.9 Å². The summed E-state index contributed by atoms with van der Waals surface area (Å²) in [5.74, 6) is 1.68. The van der Waals surface area contributed by atoms with E-state index in [4.69, 9.17) is 0 Å². The second-order valence-corrected chi connectivity index (χ2v) is 6.20. The molecular weight excluding hydrogens is 212 g/mol. The van der Waals surface area contributed by atoms with Crippen LogP contribution in [0, 0.1) is 11.8 Å². The van der Waals surface area contributed by atoms with E-state index in [1.165, 1.54) is 12.8 Å². The minimum atomic E-state index is -0.342. The second-order valence-electron chi connectivity index (χ2n) is 6.20. The predicted octanol–water partition coefficient (Wildman–Crippen LogP) is 2.37. The molecule has 2 rings (SSSR count). The van der Waals surface area contributed by atoms with Crippen molar-refractivity contribution in [1.82, 2.24) is 10.2 Å². The molecule has 0 aromatic heterocycles. The van der Waals surface area contributed by atoms with Gasteiger partial charge in [0.05, 0.1) is 11.7 Å². The number of hydrogen-bond donors (Lipinski definition) is 1. The lowest BCUT2D eigenvalue weighted by atomic mass is 9.95. The molecule has 1 heterocycles. The molecule has 1 saturated heterocycles. The SMILES string of the molecule is CCC1(C)NC(C)N(C2CCC(C)C2C)C1=O. The molecule has 5 atom stereocenters. The van der Waals surface area contributed by atoms with Crippen molar-refractivity contribution in [1.29, 1.82) is 0 Å². The molecule has 0 aromatic carbocycles. The van der Waals surface area contributed by atoms with Gasteiger partial charge >= 0.3 is 0 Å². The van der Waals surface area contributed by atoms with Gasteiger partial charge in [-0.15, -0.1) is 0 Å². The van der Waals surface area contributed by atoms with E-state index in [0.717, 1.165) is 12.3 Å². The molecule has 2 aliphatic rings. The predicted molar refractivity (Wildman–Crippen MR) is 69.5 cm³/mol. The standard InChI is InChI=1S/C14H26N2O/c1-6-14(5)13(17)16(11(4)15-14)12-8-7-9(2)10(12)3/h9-12,15H,6-8H2,1-5H3. The lowest BCUT2D eigenvalue weighted by molar-refractivity contribution is -0.135. The van der Waals surface area contributed by atoms with E-state index in [-0.39, 0.29) is 11.7 Å². The van der Waals surface area contributed by atoms with E-state index < -0.39 is 0 Å². The fourth-order valence-electron chi connectivity index (χ4n) is 3.48. The highest BCUT2D eigenvalue weighted by Crippen LogP contribution is 2.38. The van der Waals surface area contributed by atoms with Gasteiger partial charge in [0.25, 0.3) is 0 Å². The minimum absolute atomic E-state index is 0.185. The van der Waals surface area contributed by atoms with E-state index in [9.17, 15) is 4.79 Å². The first-order valence-corrected chi connectivity index (χ1v) is 7.01. The Balaban J connectivity index is 2.20. The van der Waals surface area contributed by atoms with Crippen LogP contribution >= 0.6 is 0 Å². The van der Waals surface area contributed by atoms with Crippen molar-refractivity contribution in [2.24, 2.45) is 11.8 Å². The van der Waals surface area contributed by atoms with E-state index in [1.54, 1.807) is 0 Å². The molecule has 17 heavy (non-hydrogen) atoms. The van der Waals surface area contributed by atoms with Crippen molar-refractivity contribution in [3.05, 3.63) is 0 Å². The quantitative estimate of drug-likeness (QED) is 0.801. The minimum Gasteiger partial charge on any atom is -0.323 e. The summed E-state index contributed by atoms with van der Waals surface area (Å²) >= 11 is 0. The Labute approximate surface area is 105 Å². The average Bonchev–Trinajstić information content (AvgIpc) is 2.71. The normalized spacial score (nSPS) is 46.9. The first kappa shape index (κ1) is 12.9. The van der Waals surface area contributed by atoms with Gasteiger partial charge in [0.15, 0.2) is 0 Å². The van der Waals surface area contributed by atoms with Crippen LogP contribution in [0.4, 0.5) is 0 Å². The van der Waals surface area contributed by atoms with Crippen LogP contribution in [-0.2, 0) is 4.79 Å². The van der Waals surface area contributed by atoms with Gasteiger partial charge < -0.3 is 4.90 Å². The topological polar surface area (TPSA) is 32.3 Å². The van der Waals surface area contributed by atoms with Crippen molar-refractivity contribution in [2.75, 3.05) is 0 Å². The molecule has 0 radical (unpaired) electrons. The summed E-state index contributed by atoms with van der Waals surface area (Å²) in [4.78, 5) is 14.7. The summed E-state index contributed by atoms with van der Waals surface area (Å²) < 4.78 is 0. The highest BCUT2D eigenvalue weighted by atomic mass is 16.2. The average molecular weight is 238 g/mol. The summed E-state index contributed by atoms with van der Waals surface area (Å²) in [7, 11) is 0. The zero-order chi connectivity index (χ0) is 12.8. The molecule has 1 saturated carbocycles. The van der Waals surface area contributed by atoms with Crippen LogP contribution in [-0.4, -0.2) is 28.6 Å². The molecule has 5 unspecified atom stereocenters. The maximum atomic E-state index is 12.6. The van der Waals surface area contributed by atoms with Gasteiger partial charge in [0.1, 0.15) is 0 Å². The fraction of sp³-hybridized carbons (Fsp3) is 0.929. The number of nitrogens with zero attached hydrogens (tertiary/aromatic N) is 1. The summed E-state index contributed by atoms with van der Waals surface area (Å²) in [6.45, 7) is 10.8. The van der Waals surface area contributed by atoms with Gasteiger partial charge in [-0.05, 0) is 44.9 Å². The number of hydrogen-bond acceptors (Lipinski definition) is 2. The Morgan fingerprint density at radius 3 is 2.41 bits per heavy atom. The molecular formula is C14H26N2O. The molecule has 0 aromatic rings. The van der Waals surface area contributed by atoms with E-state index in [2.05, 4.69) is 37.9 Å². The molecule has 1 aliphatic carbocycles. The zero-order valence-electron chi connectivity index (χ0n) is 11.8. The van der Waals surface area contributed by atoms with Gasteiger partial charge in [-0.1, -0.05) is 20.8 Å². The van der Waals surface area contributed by atoms with Gasteiger partial charge in [-0.3, -0.25) is 10.1 Å². The van der Waals surface area contributed by atoms with Crippen LogP contribution in [0.5, 0.6) is 0 Å². The maximum absolute atomic E-state index is 12.6. The highest BCUT2D eigenvalue weighted by Gasteiger charge is 2.49. The van der Waals surface area contributed by atoms with Crippen molar-refractivity contribution >= 4 is 5.91 Å². The molecule has 98 valence electrons. The van der Waals surface area contributed by atoms with Crippen LogP contribution in [0.3, 0.4) is 0 Å². The summed E-state index contributed by atoms with van der Waals surface area (Å²) in [6, 6.07) is 0.438. The van der Waals surface area contributed by atoms with Gasteiger partial charge in [0, 0.05) is 6.04 Å². The number of nitrogens with one attached hydrogen (secondary N) is 1. The van der Waals surface area contributed by atoms with Crippen molar-refractivity contribution in [2.45, 2.75) is 71.6 Å². The number of carbonyl (C=O) groups is 1. The van der Waals surface area contributed by atoms with Crippen LogP contribution in [0.15, 0.2) is 0 Å². The van der Waals surface area contributed by atoms with Gasteiger partial charge in [-0.2, -0.15) is 0 Å². The monoisotopic (exact) mass is 238 g/mol. The highest BCUT2D eigenvalue weighted by molar-refractivity contribution is 5.88. The van der Waals surface area contributed by atoms with Crippen LogP contribution in [0.2, 0.25) is 0 Å². The fourth-order valence-corrected chi connectivity index (χ4v) is 3.48. The lowest BCUT2D eigenvalue weighted by Crippen LogP contribution is -2.46. The van der Waals surface area contributed by atoms with E-state index in [1.807, 2.05) is 6.92 Å². The number of rotatable bonds is 2. The zero-order valence-corrected chi connectivity index (χ0v) is 11.8. The summed E-state index contributed by atoms with van der Waals surface area (Å²) in [5, 5.41) is 3.47. The molecule has 0 spiro atoms. The summed E-state index contributed by atoms with van der Waals surface area (Å²) in [6.07, 6.45) is 3.47. The molecule has 3 heteroatoms. The molecule has 1 N–H and O–H groups in total. The third kappa shape index (κ3) is 1.88.